The Morgan fingerprint density at radius 3 is 2.63 bits per heavy atom. The summed E-state index contributed by atoms with van der Waals surface area (Å²) in [6.07, 6.45) is 0. The molecule has 0 saturated carbocycles. The number of aryl methyl sites for hydroxylation is 2. The summed E-state index contributed by atoms with van der Waals surface area (Å²) in [6, 6.07) is 7.99. The number of hydrogen-bond acceptors (Lipinski definition) is 3. The molecule has 0 amide bonds. The first-order valence-electron chi connectivity index (χ1n) is 5.85. The fourth-order valence-electron chi connectivity index (χ4n) is 1.83. The van der Waals surface area contributed by atoms with Gasteiger partial charge in [-0.25, -0.2) is 9.48 Å². The first kappa shape index (κ1) is 13.0. The van der Waals surface area contributed by atoms with Gasteiger partial charge in [0.25, 0.3) is 5.56 Å². The highest BCUT2D eigenvalue weighted by atomic mass is 16.4. The molecule has 0 aliphatic carbocycles. The van der Waals surface area contributed by atoms with Gasteiger partial charge >= 0.3 is 5.97 Å². The normalized spacial score (nSPS) is 10.4. The van der Waals surface area contributed by atoms with Crippen molar-refractivity contribution < 1.29 is 9.90 Å². The second-order valence-corrected chi connectivity index (χ2v) is 4.42. The summed E-state index contributed by atoms with van der Waals surface area (Å²) in [6.45, 7) is 3.98. The Bertz CT molecular complexity index is 689. The molecule has 1 aromatic heterocycles. The maximum atomic E-state index is 11.7. The van der Waals surface area contributed by atoms with Crippen LogP contribution in [0.5, 0.6) is 0 Å². The lowest BCUT2D eigenvalue weighted by Gasteiger charge is -2.09. The van der Waals surface area contributed by atoms with E-state index < -0.39 is 5.97 Å². The minimum atomic E-state index is -0.958. The molecule has 0 bridgehead atoms. The predicted octanol–water partition coefficient (Wildman–Crippen LogP) is 1.61. The van der Waals surface area contributed by atoms with Gasteiger partial charge in [-0.2, -0.15) is 5.10 Å². The third-order valence-electron chi connectivity index (χ3n) is 2.91. The molecule has 0 atom stereocenters. The van der Waals surface area contributed by atoms with Gasteiger partial charge < -0.3 is 5.11 Å². The van der Waals surface area contributed by atoms with Crippen molar-refractivity contribution in [2.45, 2.75) is 20.4 Å². The largest absolute Gasteiger partial charge is 0.478 e. The summed E-state index contributed by atoms with van der Waals surface area (Å²) >= 11 is 0. The number of carbonyl (C=O) groups is 1. The van der Waals surface area contributed by atoms with Crippen LogP contribution in [-0.2, 0) is 6.54 Å². The van der Waals surface area contributed by atoms with Gasteiger partial charge in [-0.05, 0) is 43.2 Å². The number of nitrogens with zero attached hydrogens (tertiary/aromatic N) is 2. The van der Waals surface area contributed by atoms with Gasteiger partial charge in [-0.15, -0.1) is 0 Å². The number of rotatable bonds is 3. The fraction of sp³-hybridized carbons (Fsp3) is 0.214. The number of hydrogen-bond donors (Lipinski definition) is 1. The molecule has 0 fully saturated rings. The number of carboxylic acids is 1. The van der Waals surface area contributed by atoms with E-state index >= 15 is 0 Å². The lowest BCUT2D eigenvalue weighted by atomic mass is 10.1. The topological polar surface area (TPSA) is 72.2 Å². The molecule has 1 heterocycles. The van der Waals surface area contributed by atoms with Crippen molar-refractivity contribution in [1.29, 1.82) is 0 Å². The molecule has 98 valence electrons. The number of aromatic nitrogens is 2. The SMILES string of the molecule is Cc1ccc(=O)n(Cc2ccc(C(=O)O)cc2C)n1. The smallest absolute Gasteiger partial charge is 0.335 e. The molecule has 1 aromatic carbocycles. The van der Waals surface area contributed by atoms with Gasteiger partial charge in [0.05, 0.1) is 17.8 Å². The van der Waals surface area contributed by atoms with Crippen molar-refractivity contribution in [2.24, 2.45) is 0 Å². The number of carboxylic acid groups (broad SMARTS) is 1. The van der Waals surface area contributed by atoms with Gasteiger partial charge in [0, 0.05) is 6.07 Å². The lowest BCUT2D eigenvalue weighted by molar-refractivity contribution is 0.0697. The van der Waals surface area contributed by atoms with Crippen LogP contribution in [0.2, 0.25) is 0 Å². The molecule has 0 aliphatic heterocycles. The first-order valence-corrected chi connectivity index (χ1v) is 5.85. The van der Waals surface area contributed by atoms with Crippen LogP contribution in [0.3, 0.4) is 0 Å². The monoisotopic (exact) mass is 258 g/mol. The van der Waals surface area contributed by atoms with Crippen LogP contribution in [0.25, 0.3) is 0 Å². The highest BCUT2D eigenvalue weighted by Gasteiger charge is 2.07. The Kier molecular flexibility index (Phi) is 3.46. The van der Waals surface area contributed by atoms with Crippen molar-refractivity contribution in [3.63, 3.8) is 0 Å². The maximum absolute atomic E-state index is 11.7. The molecule has 5 heteroatoms. The van der Waals surface area contributed by atoms with E-state index in [9.17, 15) is 9.59 Å². The second kappa shape index (κ2) is 5.06. The van der Waals surface area contributed by atoms with Gasteiger partial charge in [0.2, 0.25) is 0 Å². The van der Waals surface area contributed by atoms with Gasteiger partial charge in [0.15, 0.2) is 0 Å². The summed E-state index contributed by atoms with van der Waals surface area (Å²) in [5.74, 6) is -0.958. The molecule has 19 heavy (non-hydrogen) atoms. The Hall–Kier alpha value is -2.43. The second-order valence-electron chi connectivity index (χ2n) is 4.42. The van der Waals surface area contributed by atoms with Crippen LogP contribution in [0, 0.1) is 13.8 Å². The zero-order valence-electron chi connectivity index (χ0n) is 10.8. The summed E-state index contributed by atoms with van der Waals surface area (Å²) in [5.41, 5.74) is 2.54. The van der Waals surface area contributed by atoms with E-state index in [0.717, 1.165) is 16.8 Å². The molecular formula is C14H14N2O3. The molecular weight excluding hydrogens is 244 g/mol. The van der Waals surface area contributed by atoms with E-state index in [2.05, 4.69) is 5.10 Å². The van der Waals surface area contributed by atoms with Crippen LogP contribution in [0.15, 0.2) is 35.1 Å². The van der Waals surface area contributed by atoms with E-state index in [1.54, 1.807) is 18.2 Å². The highest BCUT2D eigenvalue weighted by Crippen LogP contribution is 2.12. The Balaban J connectivity index is 2.36. The van der Waals surface area contributed by atoms with Crippen molar-refractivity contribution in [3.05, 3.63) is 63.1 Å². The molecule has 0 aliphatic rings. The zero-order valence-corrected chi connectivity index (χ0v) is 10.8. The minimum Gasteiger partial charge on any atom is -0.478 e. The third kappa shape index (κ3) is 2.88. The van der Waals surface area contributed by atoms with Crippen molar-refractivity contribution in [1.82, 2.24) is 9.78 Å². The molecule has 1 N–H and O–H groups in total. The fourth-order valence-corrected chi connectivity index (χ4v) is 1.83. The lowest BCUT2D eigenvalue weighted by Crippen LogP contribution is -2.23. The van der Waals surface area contributed by atoms with E-state index in [1.807, 2.05) is 13.8 Å². The van der Waals surface area contributed by atoms with Gasteiger partial charge in [0.1, 0.15) is 0 Å². The highest BCUT2D eigenvalue weighted by molar-refractivity contribution is 5.87. The van der Waals surface area contributed by atoms with Crippen LogP contribution in [0.1, 0.15) is 27.2 Å². The zero-order chi connectivity index (χ0) is 14.0. The summed E-state index contributed by atoms with van der Waals surface area (Å²) in [7, 11) is 0. The molecule has 0 unspecified atom stereocenters. The standard InChI is InChI=1S/C14H14N2O3/c1-9-7-11(14(18)19)4-5-12(9)8-16-13(17)6-3-10(2)15-16/h3-7H,8H2,1-2H3,(H,18,19). The van der Waals surface area contributed by atoms with Crippen molar-refractivity contribution in [3.8, 4) is 0 Å². The number of aromatic carboxylic acids is 1. The molecule has 2 rings (SSSR count). The van der Waals surface area contributed by atoms with Crippen molar-refractivity contribution in [2.75, 3.05) is 0 Å². The molecule has 2 aromatic rings. The average Bonchev–Trinajstić information content (AvgIpc) is 2.36. The molecule has 0 saturated heterocycles. The van der Waals surface area contributed by atoms with Crippen LogP contribution >= 0.6 is 0 Å². The molecule has 0 radical (unpaired) electrons. The summed E-state index contributed by atoms with van der Waals surface area (Å²) in [5, 5.41) is 13.1. The molecule has 0 spiro atoms. The Morgan fingerprint density at radius 1 is 1.26 bits per heavy atom. The Labute approximate surface area is 110 Å². The maximum Gasteiger partial charge on any atom is 0.335 e. The predicted molar refractivity (Wildman–Crippen MR) is 70.5 cm³/mol. The quantitative estimate of drug-likeness (QED) is 0.907. The van der Waals surface area contributed by atoms with Gasteiger partial charge in [-0.3, -0.25) is 4.79 Å². The van der Waals surface area contributed by atoms with Crippen molar-refractivity contribution >= 4 is 5.97 Å². The average molecular weight is 258 g/mol. The van der Waals surface area contributed by atoms with E-state index in [-0.39, 0.29) is 11.1 Å². The van der Waals surface area contributed by atoms with Crippen LogP contribution in [0.4, 0.5) is 0 Å². The number of benzene rings is 1. The van der Waals surface area contributed by atoms with Crippen LogP contribution < -0.4 is 5.56 Å². The summed E-state index contributed by atoms with van der Waals surface area (Å²) < 4.78 is 1.37. The van der Waals surface area contributed by atoms with Crippen LogP contribution in [-0.4, -0.2) is 20.9 Å². The minimum absolute atomic E-state index is 0.174. The van der Waals surface area contributed by atoms with Gasteiger partial charge in [-0.1, -0.05) is 6.07 Å². The van der Waals surface area contributed by atoms with E-state index in [0.29, 0.717) is 6.54 Å². The first-order chi connectivity index (χ1) is 8.97. The summed E-state index contributed by atoms with van der Waals surface area (Å²) in [4.78, 5) is 22.5. The molecule has 5 nitrogen and oxygen atoms in total. The Morgan fingerprint density at radius 2 is 2.00 bits per heavy atom. The van der Waals surface area contributed by atoms with E-state index in [4.69, 9.17) is 5.11 Å². The van der Waals surface area contributed by atoms with E-state index in [1.165, 1.54) is 16.8 Å². The third-order valence-corrected chi connectivity index (χ3v) is 2.91.